The van der Waals surface area contributed by atoms with Crippen molar-refractivity contribution in [3.05, 3.63) is 41.7 Å². The van der Waals surface area contributed by atoms with Crippen molar-refractivity contribution in [2.45, 2.75) is 46.6 Å². The van der Waals surface area contributed by atoms with Crippen LogP contribution in [0.5, 0.6) is 0 Å². The maximum Gasteiger partial charge on any atom is 0.0731 e. The van der Waals surface area contributed by atoms with Gasteiger partial charge in [-0.2, -0.15) is 5.10 Å². The standard InChI is InChI=1S/C16H22N2.Pt/c1-11(2)16-15(14-9-7-6-8-10-14)13(5)18(17-16)12(3)4;/h6-12H,1-5H3;. The van der Waals surface area contributed by atoms with Gasteiger partial charge >= 0.3 is 0 Å². The zero-order valence-corrected chi connectivity index (χ0v) is 14.5. The van der Waals surface area contributed by atoms with E-state index in [1.54, 1.807) is 0 Å². The smallest absolute Gasteiger partial charge is 0.0731 e. The molecule has 2 aromatic rings. The van der Waals surface area contributed by atoms with Gasteiger partial charge in [0.2, 0.25) is 0 Å². The van der Waals surface area contributed by atoms with Crippen LogP contribution < -0.4 is 0 Å². The molecule has 0 unspecified atom stereocenters. The molecule has 0 radical (unpaired) electrons. The van der Waals surface area contributed by atoms with Crippen molar-refractivity contribution in [2.24, 2.45) is 0 Å². The van der Waals surface area contributed by atoms with E-state index < -0.39 is 0 Å². The second-order valence-electron chi connectivity index (χ2n) is 5.40. The van der Waals surface area contributed by atoms with E-state index in [0.29, 0.717) is 12.0 Å². The van der Waals surface area contributed by atoms with Gasteiger partial charge in [-0.3, -0.25) is 4.68 Å². The van der Waals surface area contributed by atoms with E-state index in [-0.39, 0.29) is 21.1 Å². The molecule has 0 N–H and O–H groups in total. The summed E-state index contributed by atoms with van der Waals surface area (Å²) < 4.78 is 2.14. The zero-order valence-electron chi connectivity index (χ0n) is 12.3. The molecule has 0 bridgehead atoms. The van der Waals surface area contributed by atoms with Gasteiger partial charge < -0.3 is 0 Å². The number of rotatable bonds is 3. The van der Waals surface area contributed by atoms with Gasteiger partial charge in [0.05, 0.1) is 5.69 Å². The second-order valence-corrected chi connectivity index (χ2v) is 5.40. The fourth-order valence-corrected chi connectivity index (χ4v) is 2.41. The summed E-state index contributed by atoms with van der Waals surface area (Å²) in [6, 6.07) is 11.0. The van der Waals surface area contributed by atoms with Crippen molar-refractivity contribution in [3.8, 4) is 11.1 Å². The summed E-state index contributed by atoms with van der Waals surface area (Å²) in [5, 5.41) is 4.80. The van der Waals surface area contributed by atoms with Crippen LogP contribution in [-0.2, 0) is 21.1 Å². The minimum absolute atomic E-state index is 0. The number of hydrogen-bond acceptors (Lipinski definition) is 1. The second kappa shape index (κ2) is 6.52. The molecule has 0 fully saturated rings. The van der Waals surface area contributed by atoms with E-state index in [1.165, 1.54) is 22.5 Å². The summed E-state index contributed by atoms with van der Waals surface area (Å²) in [7, 11) is 0. The first-order valence-electron chi connectivity index (χ1n) is 6.66. The van der Waals surface area contributed by atoms with Gasteiger partial charge in [0, 0.05) is 38.4 Å². The van der Waals surface area contributed by atoms with Crippen LogP contribution in [0.4, 0.5) is 0 Å². The first-order chi connectivity index (χ1) is 8.52. The van der Waals surface area contributed by atoms with Gasteiger partial charge in [0.1, 0.15) is 0 Å². The van der Waals surface area contributed by atoms with Crippen molar-refractivity contribution >= 4 is 0 Å². The Kier molecular flexibility index (Phi) is 5.55. The Balaban J connectivity index is 0.00000180. The molecule has 2 rings (SSSR count). The monoisotopic (exact) mass is 437 g/mol. The summed E-state index contributed by atoms with van der Waals surface area (Å²) in [4.78, 5) is 0. The van der Waals surface area contributed by atoms with Gasteiger partial charge in [-0.25, -0.2) is 0 Å². The Labute approximate surface area is 130 Å². The molecule has 0 aliphatic rings. The number of aromatic nitrogens is 2. The van der Waals surface area contributed by atoms with E-state index in [2.05, 4.69) is 69.6 Å². The first-order valence-corrected chi connectivity index (χ1v) is 6.66. The molecular weight excluding hydrogens is 415 g/mol. The summed E-state index contributed by atoms with van der Waals surface area (Å²) in [6.45, 7) is 10.9. The third kappa shape index (κ3) is 3.17. The van der Waals surface area contributed by atoms with Crippen LogP contribution in [0.1, 0.15) is 51.0 Å². The molecule has 19 heavy (non-hydrogen) atoms. The van der Waals surface area contributed by atoms with Crippen molar-refractivity contribution in [1.82, 2.24) is 9.78 Å². The van der Waals surface area contributed by atoms with Crippen molar-refractivity contribution in [3.63, 3.8) is 0 Å². The predicted molar refractivity (Wildman–Crippen MR) is 76.9 cm³/mol. The third-order valence-electron chi connectivity index (χ3n) is 3.28. The Morgan fingerprint density at radius 2 is 1.58 bits per heavy atom. The van der Waals surface area contributed by atoms with Crippen LogP contribution in [0.3, 0.4) is 0 Å². The van der Waals surface area contributed by atoms with E-state index in [4.69, 9.17) is 5.10 Å². The van der Waals surface area contributed by atoms with Crippen LogP contribution in [0.15, 0.2) is 30.3 Å². The normalized spacial score (nSPS) is 10.9. The summed E-state index contributed by atoms with van der Waals surface area (Å²) in [6.07, 6.45) is 0. The third-order valence-corrected chi connectivity index (χ3v) is 3.28. The maximum atomic E-state index is 4.80. The van der Waals surface area contributed by atoms with Gasteiger partial charge in [-0.1, -0.05) is 44.2 Å². The fourth-order valence-electron chi connectivity index (χ4n) is 2.41. The number of nitrogens with zero attached hydrogens (tertiary/aromatic N) is 2. The van der Waals surface area contributed by atoms with Gasteiger partial charge in [0.15, 0.2) is 0 Å². The predicted octanol–water partition coefficient (Wildman–Crippen LogP) is 4.56. The molecule has 106 valence electrons. The van der Waals surface area contributed by atoms with Crippen molar-refractivity contribution < 1.29 is 21.1 Å². The van der Waals surface area contributed by atoms with Gasteiger partial charge in [0.25, 0.3) is 0 Å². The topological polar surface area (TPSA) is 17.8 Å². The summed E-state index contributed by atoms with van der Waals surface area (Å²) in [5.74, 6) is 0.443. The molecule has 1 aromatic carbocycles. The maximum absolute atomic E-state index is 4.80. The Hall–Kier alpha value is -0.882. The van der Waals surface area contributed by atoms with Crippen LogP contribution >= 0.6 is 0 Å². The molecular formula is C16H22N2Pt. The van der Waals surface area contributed by atoms with E-state index in [9.17, 15) is 0 Å². The molecule has 3 heteroatoms. The molecule has 0 amide bonds. The fraction of sp³-hybridized carbons (Fsp3) is 0.438. The van der Waals surface area contributed by atoms with Gasteiger partial charge in [-0.15, -0.1) is 0 Å². The van der Waals surface area contributed by atoms with E-state index in [0.717, 1.165) is 0 Å². The molecule has 1 aromatic heterocycles. The zero-order chi connectivity index (χ0) is 13.3. The minimum atomic E-state index is 0. The molecule has 0 saturated heterocycles. The van der Waals surface area contributed by atoms with Crippen LogP contribution in [0.2, 0.25) is 0 Å². The molecule has 1 heterocycles. The van der Waals surface area contributed by atoms with Crippen LogP contribution in [-0.4, -0.2) is 9.78 Å². The number of hydrogen-bond donors (Lipinski definition) is 0. The summed E-state index contributed by atoms with van der Waals surface area (Å²) >= 11 is 0. The molecule has 0 spiro atoms. The average Bonchev–Trinajstić information content (AvgIpc) is 2.68. The molecule has 0 aliphatic carbocycles. The molecule has 0 aliphatic heterocycles. The van der Waals surface area contributed by atoms with E-state index >= 15 is 0 Å². The molecule has 0 atom stereocenters. The van der Waals surface area contributed by atoms with Crippen molar-refractivity contribution in [2.75, 3.05) is 0 Å². The Morgan fingerprint density at radius 1 is 1.00 bits per heavy atom. The minimum Gasteiger partial charge on any atom is -0.266 e. The number of benzene rings is 1. The SMILES string of the molecule is Cc1c(-c2ccccc2)c(C(C)C)nn1C(C)C.[Pt]. The van der Waals surface area contributed by atoms with Crippen LogP contribution in [0.25, 0.3) is 11.1 Å². The molecule has 2 nitrogen and oxygen atoms in total. The van der Waals surface area contributed by atoms with Gasteiger partial charge in [-0.05, 0) is 32.3 Å². The van der Waals surface area contributed by atoms with E-state index in [1.807, 2.05) is 0 Å². The molecule has 0 saturated carbocycles. The summed E-state index contributed by atoms with van der Waals surface area (Å²) in [5.41, 5.74) is 5.04. The average molecular weight is 437 g/mol. The first kappa shape index (κ1) is 16.2. The Morgan fingerprint density at radius 3 is 2.05 bits per heavy atom. The van der Waals surface area contributed by atoms with Crippen molar-refractivity contribution in [1.29, 1.82) is 0 Å². The Bertz CT molecular complexity index is 527. The quantitative estimate of drug-likeness (QED) is 0.689. The largest absolute Gasteiger partial charge is 0.266 e. The van der Waals surface area contributed by atoms with Crippen LogP contribution in [0, 0.1) is 6.92 Å².